The normalized spacial score (nSPS) is 24.3. The summed E-state index contributed by atoms with van der Waals surface area (Å²) in [7, 11) is 0. The van der Waals surface area contributed by atoms with Gasteiger partial charge in [-0.1, -0.05) is 0 Å². The number of nitrogens with zero attached hydrogens (tertiary/aromatic N) is 1. The van der Waals surface area contributed by atoms with Crippen molar-refractivity contribution in [1.29, 1.82) is 0 Å². The monoisotopic (exact) mass is 392 g/mol. The second kappa shape index (κ2) is 8.17. The molecule has 12 nitrogen and oxygen atoms in total. The van der Waals surface area contributed by atoms with Crippen LogP contribution in [0.25, 0.3) is 0 Å². The van der Waals surface area contributed by atoms with Crippen LogP contribution in [-0.4, -0.2) is 59.8 Å². The first kappa shape index (κ1) is 20.4. The van der Waals surface area contributed by atoms with Crippen LogP contribution in [0.15, 0.2) is 31.6 Å². The summed E-state index contributed by atoms with van der Waals surface area (Å²) < 4.78 is 30.7. The van der Waals surface area contributed by atoms with Gasteiger partial charge in [-0.15, -0.1) is 0 Å². The maximum atomic E-state index is 13.1. The van der Waals surface area contributed by atoms with Crippen LogP contribution in [0.4, 0.5) is 8.78 Å². The van der Waals surface area contributed by atoms with Gasteiger partial charge in [-0.2, -0.15) is 8.78 Å². The molecule has 0 aliphatic carbocycles. The summed E-state index contributed by atoms with van der Waals surface area (Å²) >= 11 is 0. The van der Waals surface area contributed by atoms with Crippen LogP contribution < -0.4 is 22.5 Å². The Labute approximate surface area is 146 Å². The van der Waals surface area contributed by atoms with Gasteiger partial charge < -0.3 is 25.0 Å². The first-order valence-corrected chi connectivity index (χ1v) is 7.26. The van der Waals surface area contributed by atoms with Gasteiger partial charge in [0.05, 0.1) is 12.8 Å². The number of ether oxygens (including phenoxy) is 1. The van der Waals surface area contributed by atoms with E-state index in [1.807, 2.05) is 4.98 Å². The van der Waals surface area contributed by atoms with E-state index in [1.54, 1.807) is 9.97 Å². The number of aromatic nitrogens is 4. The molecule has 148 valence electrons. The lowest BCUT2D eigenvalue weighted by molar-refractivity contribution is -0.0554. The molecule has 1 aliphatic rings. The Hall–Kier alpha value is -2.94. The second-order valence-electron chi connectivity index (χ2n) is 5.29. The maximum Gasteiger partial charge on any atom is 0.330 e. The highest BCUT2D eigenvalue weighted by molar-refractivity contribution is 4.94. The van der Waals surface area contributed by atoms with E-state index in [9.17, 15) is 38.2 Å². The number of hydrogen-bond acceptors (Lipinski definition) is 8. The van der Waals surface area contributed by atoms with E-state index in [0.29, 0.717) is 17.0 Å². The molecule has 4 atom stereocenters. The van der Waals surface area contributed by atoms with E-state index in [0.717, 1.165) is 0 Å². The summed E-state index contributed by atoms with van der Waals surface area (Å²) in [6.45, 7) is -0.574. The van der Waals surface area contributed by atoms with Gasteiger partial charge in [-0.25, -0.2) is 9.59 Å². The zero-order chi connectivity index (χ0) is 20.3. The van der Waals surface area contributed by atoms with Gasteiger partial charge >= 0.3 is 11.4 Å². The first-order valence-electron chi connectivity index (χ1n) is 7.26. The van der Waals surface area contributed by atoms with Gasteiger partial charge in [-0.3, -0.25) is 24.1 Å². The van der Waals surface area contributed by atoms with Crippen LogP contribution in [0.2, 0.25) is 0 Å². The van der Waals surface area contributed by atoms with Crippen molar-refractivity contribution >= 4 is 0 Å². The highest BCUT2D eigenvalue weighted by Gasteiger charge is 2.43. The third-order valence-electron chi connectivity index (χ3n) is 3.49. The van der Waals surface area contributed by atoms with E-state index < -0.39 is 65.3 Å². The average Bonchev–Trinajstić information content (AvgIpc) is 2.90. The largest absolute Gasteiger partial charge is 0.394 e. The molecule has 3 heterocycles. The molecule has 0 aromatic carbocycles. The third kappa shape index (κ3) is 4.43. The highest BCUT2D eigenvalue weighted by Crippen LogP contribution is 2.27. The van der Waals surface area contributed by atoms with Crippen molar-refractivity contribution in [2.45, 2.75) is 24.5 Å². The van der Waals surface area contributed by atoms with Gasteiger partial charge in [0.15, 0.2) is 6.23 Å². The summed E-state index contributed by atoms with van der Waals surface area (Å²) in [5.41, 5.74) is -3.89. The van der Waals surface area contributed by atoms with Crippen LogP contribution in [0.1, 0.15) is 6.23 Å². The van der Waals surface area contributed by atoms with Gasteiger partial charge in [-0.05, 0) is 0 Å². The molecule has 0 saturated carbocycles. The Balaban J connectivity index is 0.000000244. The number of H-pyrrole nitrogens is 3. The Kier molecular flexibility index (Phi) is 6.17. The number of aromatic amines is 3. The smallest absolute Gasteiger partial charge is 0.330 e. The molecular weight excluding hydrogens is 378 g/mol. The van der Waals surface area contributed by atoms with E-state index in [4.69, 9.17) is 9.84 Å². The summed E-state index contributed by atoms with van der Waals surface area (Å²) in [6.07, 6.45) is -4.13. The molecular formula is C13H14F2N4O8. The zero-order valence-corrected chi connectivity index (χ0v) is 13.3. The predicted molar refractivity (Wildman–Crippen MR) is 81.9 cm³/mol. The van der Waals surface area contributed by atoms with Gasteiger partial charge in [0.25, 0.3) is 11.1 Å². The minimum atomic E-state index is -1.52. The topological polar surface area (TPSA) is 190 Å². The van der Waals surface area contributed by atoms with Crippen molar-refractivity contribution in [3.8, 4) is 0 Å². The summed E-state index contributed by atoms with van der Waals surface area (Å²) in [5, 5.41) is 28.0. The van der Waals surface area contributed by atoms with Crippen LogP contribution in [0.5, 0.6) is 0 Å². The van der Waals surface area contributed by atoms with Gasteiger partial charge in [0.1, 0.15) is 18.3 Å². The van der Waals surface area contributed by atoms with Gasteiger partial charge in [0.2, 0.25) is 11.6 Å². The number of rotatable bonds is 2. The fourth-order valence-corrected chi connectivity index (χ4v) is 2.15. The molecule has 0 unspecified atom stereocenters. The number of aliphatic hydroxyl groups excluding tert-OH is 3. The average molecular weight is 392 g/mol. The quantitative estimate of drug-likeness (QED) is 0.303. The fourth-order valence-electron chi connectivity index (χ4n) is 2.15. The SMILES string of the molecule is O=c1[nH]c(=O)n([C@@H]2O[C@H](CO)[C@@H](O)[C@H]2O)cc1F.O=c1[nH]cc(F)c(=O)[nH]1. The standard InChI is InChI=1S/C9H11FN2O6.C4H3FN2O2/c10-3-1-12(9(17)11-7(3)16)8-6(15)5(14)4(2-13)18-8;5-2-1-6-4(9)7-3(2)8/h1,4-6,8,13-15H,2H2,(H,11,16,17);1H,(H2,6,7,8,9)/t4-,5-,6-,8-;/m1./s1. The number of nitrogens with one attached hydrogen (secondary N) is 3. The molecule has 0 spiro atoms. The lowest BCUT2D eigenvalue weighted by Gasteiger charge is -2.16. The lowest BCUT2D eigenvalue weighted by atomic mass is 10.1. The molecule has 0 amide bonds. The van der Waals surface area contributed by atoms with E-state index in [1.165, 1.54) is 0 Å². The van der Waals surface area contributed by atoms with Crippen molar-refractivity contribution in [3.63, 3.8) is 0 Å². The molecule has 1 saturated heterocycles. The molecule has 1 fully saturated rings. The molecule has 27 heavy (non-hydrogen) atoms. The van der Waals surface area contributed by atoms with Crippen molar-refractivity contribution in [2.24, 2.45) is 0 Å². The summed E-state index contributed by atoms with van der Waals surface area (Å²) in [5.74, 6) is -2.22. The summed E-state index contributed by atoms with van der Waals surface area (Å²) in [6, 6.07) is 0. The molecule has 2 aromatic heterocycles. The minimum Gasteiger partial charge on any atom is -0.394 e. The van der Waals surface area contributed by atoms with Crippen LogP contribution >= 0.6 is 0 Å². The number of halogens is 2. The Morgan fingerprint density at radius 3 is 2.19 bits per heavy atom. The zero-order valence-electron chi connectivity index (χ0n) is 13.3. The molecule has 1 aliphatic heterocycles. The highest BCUT2D eigenvalue weighted by atomic mass is 19.1. The molecule has 0 bridgehead atoms. The molecule has 14 heteroatoms. The van der Waals surface area contributed by atoms with E-state index in [2.05, 4.69) is 0 Å². The lowest BCUT2D eigenvalue weighted by Crippen LogP contribution is -2.38. The molecule has 3 rings (SSSR count). The van der Waals surface area contributed by atoms with Crippen molar-refractivity contribution in [3.05, 3.63) is 65.7 Å². The molecule has 6 N–H and O–H groups in total. The number of aliphatic hydroxyl groups is 3. The van der Waals surface area contributed by atoms with Crippen LogP contribution in [-0.2, 0) is 4.74 Å². The minimum absolute atomic E-state index is 0.571. The van der Waals surface area contributed by atoms with Crippen LogP contribution in [0, 0.1) is 11.6 Å². The predicted octanol–water partition coefficient (Wildman–Crippen LogP) is -3.51. The van der Waals surface area contributed by atoms with Crippen molar-refractivity contribution in [2.75, 3.05) is 6.61 Å². The Bertz CT molecular complexity index is 1030. The van der Waals surface area contributed by atoms with Crippen molar-refractivity contribution < 1.29 is 28.8 Å². The van der Waals surface area contributed by atoms with Crippen LogP contribution in [0.3, 0.4) is 0 Å². The second-order valence-corrected chi connectivity index (χ2v) is 5.29. The van der Waals surface area contributed by atoms with E-state index in [-0.39, 0.29) is 0 Å². The third-order valence-corrected chi connectivity index (χ3v) is 3.49. The molecule has 2 aromatic rings. The van der Waals surface area contributed by atoms with E-state index >= 15 is 0 Å². The summed E-state index contributed by atoms with van der Waals surface area (Å²) in [4.78, 5) is 48.0. The fraction of sp³-hybridized carbons (Fsp3) is 0.385. The van der Waals surface area contributed by atoms with Gasteiger partial charge in [0, 0.05) is 6.20 Å². The molecule has 0 radical (unpaired) electrons. The maximum absolute atomic E-state index is 13.1. The first-order chi connectivity index (χ1) is 12.6. The number of hydrogen-bond donors (Lipinski definition) is 6. The van der Waals surface area contributed by atoms with Crippen molar-refractivity contribution in [1.82, 2.24) is 19.5 Å². The Morgan fingerprint density at radius 1 is 1.04 bits per heavy atom. The Morgan fingerprint density at radius 2 is 1.67 bits per heavy atom.